The average Bonchev–Trinajstić information content (AvgIpc) is 2.92. The van der Waals surface area contributed by atoms with E-state index in [-0.39, 0.29) is 11.9 Å². The molecule has 0 unspecified atom stereocenters. The Bertz CT molecular complexity index is 631. The van der Waals surface area contributed by atoms with Crippen molar-refractivity contribution in [2.75, 3.05) is 14.2 Å². The summed E-state index contributed by atoms with van der Waals surface area (Å²) in [6, 6.07) is 7.69. The summed E-state index contributed by atoms with van der Waals surface area (Å²) < 4.78 is 5.16. The van der Waals surface area contributed by atoms with Crippen molar-refractivity contribution < 1.29 is 9.53 Å². The lowest BCUT2D eigenvalue weighted by Crippen LogP contribution is -2.24. The normalized spacial score (nSPS) is 17.7. The Morgan fingerprint density at radius 1 is 1.32 bits per heavy atom. The maximum absolute atomic E-state index is 12.1. The fourth-order valence-corrected chi connectivity index (χ4v) is 2.59. The Balaban J connectivity index is 2.08. The number of fused-ring (bicyclic) bond motifs is 1. The number of rotatable bonds is 2. The Labute approximate surface area is 111 Å². The summed E-state index contributed by atoms with van der Waals surface area (Å²) in [5.74, 6) is 0.764. The predicted molar refractivity (Wildman–Crippen MR) is 70.3 cm³/mol. The van der Waals surface area contributed by atoms with Gasteiger partial charge in [0.2, 0.25) is 0 Å². The number of aromatic amines is 1. The molecule has 98 valence electrons. The van der Waals surface area contributed by atoms with Gasteiger partial charge in [0, 0.05) is 18.3 Å². The molecular formula is C14H15N3O2. The van der Waals surface area contributed by atoms with Gasteiger partial charge in [-0.05, 0) is 24.6 Å². The predicted octanol–water partition coefficient (Wildman–Crippen LogP) is 1.90. The highest BCUT2D eigenvalue weighted by Gasteiger charge is 2.39. The zero-order chi connectivity index (χ0) is 13.6. The number of hydrogen-bond donors (Lipinski definition) is 1. The molecule has 5 heteroatoms. The molecule has 1 amide bonds. The highest BCUT2D eigenvalue weighted by atomic mass is 16.5. The lowest BCUT2D eigenvalue weighted by molar-refractivity contribution is 0.0787. The van der Waals surface area contributed by atoms with Crippen LogP contribution < -0.4 is 4.74 Å². The highest BCUT2D eigenvalue weighted by Crippen LogP contribution is 2.38. The molecule has 1 aromatic heterocycles. The molecule has 0 saturated heterocycles. The zero-order valence-corrected chi connectivity index (χ0v) is 11.1. The van der Waals surface area contributed by atoms with Crippen molar-refractivity contribution in [1.82, 2.24) is 15.1 Å². The van der Waals surface area contributed by atoms with E-state index in [0.29, 0.717) is 5.69 Å². The number of methoxy groups -OCH3 is 1. The number of ether oxygens (including phenoxy) is 1. The number of aromatic nitrogens is 2. The molecule has 1 N–H and O–H groups in total. The van der Waals surface area contributed by atoms with Gasteiger partial charge in [-0.3, -0.25) is 9.89 Å². The van der Waals surface area contributed by atoms with Gasteiger partial charge in [0.15, 0.2) is 5.69 Å². The first-order valence-corrected chi connectivity index (χ1v) is 6.09. The van der Waals surface area contributed by atoms with Crippen LogP contribution in [-0.4, -0.2) is 35.2 Å². The molecular weight excluding hydrogens is 242 g/mol. The van der Waals surface area contributed by atoms with Gasteiger partial charge in [-0.25, -0.2) is 0 Å². The summed E-state index contributed by atoms with van der Waals surface area (Å²) in [6.07, 6.45) is 0. The van der Waals surface area contributed by atoms with E-state index >= 15 is 0 Å². The molecule has 19 heavy (non-hydrogen) atoms. The first kappa shape index (κ1) is 11.8. The van der Waals surface area contributed by atoms with Gasteiger partial charge in [-0.1, -0.05) is 12.1 Å². The van der Waals surface area contributed by atoms with Gasteiger partial charge in [0.05, 0.1) is 13.2 Å². The largest absolute Gasteiger partial charge is 0.497 e. The second-order valence-electron chi connectivity index (χ2n) is 4.70. The van der Waals surface area contributed by atoms with Crippen LogP contribution in [0.5, 0.6) is 5.75 Å². The molecule has 0 bridgehead atoms. The summed E-state index contributed by atoms with van der Waals surface area (Å²) in [4.78, 5) is 13.9. The number of amides is 1. The molecule has 0 aliphatic carbocycles. The van der Waals surface area contributed by atoms with Crippen LogP contribution in [0.25, 0.3) is 0 Å². The fourth-order valence-electron chi connectivity index (χ4n) is 2.59. The molecule has 0 saturated carbocycles. The minimum atomic E-state index is -0.0767. The number of nitrogens with zero attached hydrogens (tertiary/aromatic N) is 2. The fraction of sp³-hybridized carbons (Fsp3) is 0.286. The number of hydrogen-bond acceptors (Lipinski definition) is 3. The second-order valence-corrected chi connectivity index (χ2v) is 4.70. The van der Waals surface area contributed by atoms with E-state index in [2.05, 4.69) is 10.2 Å². The van der Waals surface area contributed by atoms with Crippen molar-refractivity contribution in [2.45, 2.75) is 13.0 Å². The minimum Gasteiger partial charge on any atom is -0.497 e. The van der Waals surface area contributed by atoms with Crippen LogP contribution >= 0.6 is 0 Å². The lowest BCUT2D eigenvalue weighted by Gasteiger charge is -2.21. The Morgan fingerprint density at radius 3 is 2.63 bits per heavy atom. The first-order chi connectivity index (χ1) is 9.13. The van der Waals surface area contributed by atoms with Gasteiger partial charge in [-0.2, -0.15) is 5.10 Å². The third kappa shape index (κ3) is 1.62. The van der Waals surface area contributed by atoms with Crippen LogP contribution in [0.4, 0.5) is 0 Å². The van der Waals surface area contributed by atoms with E-state index in [9.17, 15) is 4.79 Å². The van der Waals surface area contributed by atoms with Gasteiger partial charge in [0.1, 0.15) is 5.75 Å². The average molecular weight is 257 g/mol. The van der Waals surface area contributed by atoms with E-state index in [0.717, 1.165) is 22.6 Å². The number of carbonyl (C=O) groups is 1. The van der Waals surface area contributed by atoms with Crippen LogP contribution in [-0.2, 0) is 0 Å². The SMILES string of the molecule is COc1ccc([C@H]2c3c(n[nH]c3C)C(=O)N2C)cc1. The van der Waals surface area contributed by atoms with Crippen LogP contribution in [0.3, 0.4) is 0 Å². The molecule has 0 radical (unpaired) electrons. The smallest absolute Gasteiger partial charge is 0.275 e. The topological polar surface area (TPSA) is 58.2 Å². The molecule has 3 rings (SSSR count). The molecule has 0 spiro atoms. The third-order valence-corrected chi connectivity index (χ3v) is 3.61. The van der Waals surface area contributed by atoms with E-state index < -0.39 is 0 Å². The van der Waals surface area contributed by atoms with Crippen LogP contribution in [0, 0.1) is 6.92 Å². The summed E-state index contributed by atoms with van der Waals surface area (Å²) in [6.45, 7) is 1.94. The van der Waals surface area contributed by atoms with E-state index in [4.69, 9.17) is 4.74 Å². The standard InChI is InChI=1S/C14H15N3O2/c1-8-11-12(16-15-8)14(18)17(2)13(11)9-4-6-10(19-3)7-5-9/h4-7,13H,1-3H3,(H,15,16)/t13-/m0/s1. The van der Waals surface area contributed by atoms with E-state index in [1.165, 1.54) is 0 Å². The molecule has 1 aliphatic heterocycles. The van der Waals surface area contributed by atoms with Crippen molar-refractivity contribution >= 4 is 5.91 Å². The molecule has 2 aromatic rings. The number of carbonyl (C=O) groups excluding carboxylic acids is 1. The molecule has 1 aliphatic rings. The molecule has 0 fully saturated rings. The number of aryl methyl sites for hydroxylation is 1. The van der Waals surface area contributed by atoms with Crippen molar-refractivity contribution in [1.29, 1.82) is 0 Å². The summed E-state index contributed by atoms with van der Waals surface area (Å²) in [7, 11) is 3.44. The number of H-pyrrole nitrogens is 1. The molecule has 1 aromatic carbocycles. The molecule has 2 heterocycles. The second kappa shape index (κ2) is 4.12. The summed E-state index contributed by atoms with van der Waals surface area (Å²) in [5, 5.41) is 6.99. The van der Waals surface area contributed by atoms with Gasteiger partial charge in [0.25, 0.3) is 5.91 Å². The maximum atomic E-state index is 12.1. The lowest BCUT2D eigenvalue weighted by atomic mass is 9.99. The molecule has 1 atom stereocenters. The summed E-state index contributed by atoms with van der Waals surface area (Å²) in [5.41, 5.74) is 3.49. The zero-order valence-electron chi connectivity index (χ0n) is 11.1. The summed E-state index contributed by atoms with van der Waals surface area (Å²) >= 11 is 0. The highest BCUT2D eigenvalue weighted by molar-refractivity contribution is 5.98. The third-order valence-electron chi connectivity index (χ3n) is 3.61. The van der Waals surface area contributed by atoms with Crippen molar-refractivity contribution in [3.8, 4) is 5.75 Å². The number of benzene rings is 1. The van der Waals surface area contributed by atoms with Gasteiger partial charge < -0.3 is 9.64 Å². The van der Waals surface area contributed by atoms with Crippen LogP contribution in [0.2, 0.25) is 0 Å². The Kier molecular flexibility index (Phi) is 2.55. The van der Waals surface area contributed by atoms with E-state index in [1.54, 1.807) is 19.1 Å². The molecule has 5 nitrogen and oxygen atoms in total. The van der Waals surface area contributed by atoms with Crippen LogP contribution in [0.1, 0.15) is 33.4 Å². The van der Waals surface area contributed by atoms with E-state index in [1.807, 2.05) is 31.2 Å². The van der Waals surface area contributed by atoms with Crippen molar-refractivity contribution in [2.24, 2.45) is 0 Å². The van der Waals surface area contributed by atoms with Gasteiger partial charge >= 0.3 is 0 Å². The van der Waals surface area contributed by atoms with Crippen molar-refractivity contribution in [3.63, 3.8) is 0 Å². The first-order valence-electron chi connectivity index (χ1n) is 6.09. The quantitative estimate of drug-likeness (QED) is 0.894. The van der Waals surface area contributed by atoms with Crippen LogP contribution in [0.15, 0.2) is 24.3 Å². The minimum absolute atomic E-state index is 0.0415. The number of nitrogens with one attached hydrogen (secondary N) is 1. The monoisotopic (exact) mass is 257 g/mol. The maximum Gasteiger partial charge on any atom is 0.275 e. The van der Waals surface area contributed by atoms with Gasteiger partial charge in [-0.15, -0.1) is 0 Å². The Morgan fingerprint density at radius 2 is 2.00 bits per heavy atom. The van der Waals surface area contributed by atoms with Crippen molar-refractivity contribution in [3.05, 3.63) is 46.8 Å². The Hall–Kier alpha value is -2.30.